The van der Waals surface area contributed by atoms with E-state index in [0.717, 1.165) is 17.4 Å². The van der Waals surface area contributed by atoms with Crippen molar-refractivity contribution in [2.24, 2.45) is 0 Å². The van der Waals surface area contributed by atoms with Gasteiger partial charge in [-0.3, -0.25) is 4.79 Å². The Morgan fingerprint density at radius 1 is 1.24 bits per heavy atom. The van der Waals surface area contributed by atoms with Gasteiger partial charge >= 0.3 is 0 Å². The molecule has 2 aliphatic heterocycles. The van der Waals surface area contributed by atoms with Crippen molar-refractivity contribution in [3.8, 4) is 0 Å². The lowest BCUT2D eigenvalue weighted by molar-refractivity contribution is 0.0931. The van der Waals surface area contributed by atoms with Crippen LogP contribution < -0.4 is 10.6 Å². The average molecular weight is 392 g/mol. The van der Waals surface area contributed by atoms with Crippen LogP contribution in [0.5, 0.6) is 0 Å². The fourth-order valence-electron chi connectivity index (χ4n) is 3.61. The summed E-state index contributed by atoms with van der Waals surface area (Å²) in [6.07, 6.45) is 3.51. The van der Waals surface area contributed by atoms with Gasteiger partial charge in [0.25, 0.3) is 5.91 Å². The van der Waals surface area contributed by atoms with Gasteiger partial charge in [0.05, 0.1) is 0 Å². The van der Waals surface area contributed by atoms with Gasteiger partial charge in [-0.05, 0) is 70.8 Å². The first-order valence-corrected chi connectivity index (χ1v) is 8.54. The summed E-state index contributed by atoms with van der Waals surface area (Å²) in [7, 11) is 0. The summed E-state index contributed by atoms with van der Waals surface area (Å²) in [6.45, 7) is 0. The molecule has 1 amide bonds. The molecule has 3 atom stereocenters. The molecule has 21 heavy (non-hydrogen) atoms. The van der Waals surface area contributed by atoms with Crippen molar-refractivity contribution in [3.63, 3.8) is 0 Å². The monoisotopic (exact) mass is 392 g/mol. The van der Waals surface area contributed by atoms with E-state index in [4.69, 9.17) is 0 Å². The van der Waals surface area contributed by atoms with Gasteiger partial charge in [-0.25, -0.2) is 0 Å². The molecule has 108 valence electrons. The number of hydrogen-bond donors (Lipinski definition) is 2. The highest BCUT2D eigenvalue weighted by molar-refractivity contribution is 14.1. The van der Waals surface area contributed by atoms with Crippen molar-refractivity contribution in [2.75, 3.05) is 0 Å². The molecular formula is C17H17IN2O. The molecular weight excluding hydrogens is 375 g/mol. The van der Waals surface area contributed by atoms with Crippen molar-refractivity contribution < 1.29 is 4.79 Å². The molecule has 0 saturated carbocycles. The molecule has 2 aromatic rings. The van der Waals surface area contributed by atoms with Crippen LogP contribution in [0.2, 0.25) is 0 Å². The summed E-state index contributed by atoms with van der Waals surface area (Å²) in [5, 5.41) is 9.09. The zero-order valence-corrected chi connectivity index (χ0v) is 13.8. The van der Waals surface area contributed by atoms with E-state index in [1.807, 2.05) is 24.3 Å². The standard InChI is InChI=1S/C17H17IN2O/c18-14-3-1-2-10-4-5-11(8-13(10)14)17(21)20-16-9-12-6-7-15(16)19-12/h1-5,8,12,15-16,19H,6-7,9H2,(H,20,21). The largest absolute Gasteiger partial charge is 0.348 e. The van der Waals surface area contributed by atoms with Crippen LogP contribution in [0, 0.1) is 3.57 Å². The lowest BCUT2D eigenvalue weighted by atomic mass is 9.95. The Kier molecular flexibility index (Phi) is 3.38. The number of carbonyl (C=O) groups is 1. The SMILES string of the molecule is O=C(NC1CC2CCC1N2)c1ccc2cccc(I)c2c1. The van der Waals surface area contributed by atoms with Crippen LogP contribution in [0.1, 0.15) is 29.6 Å². The summed E-state index contributed by atoms with van der Waals surface area (Å²) in [4.78, 5) is 12.5. The second-order valence-corrected chi connectivity index (χ2v) is 7.20. The van der Waals surface area contributed by atoms with E-state index >= 15 is 0 Å². The number of rotatable bonds is 2. The molecule has 2 heterocycles. The Bertz CT molecular complexity index is 715. The molecule has 2 N–H and O–H groups in total. The van der Waals surface area contributed by atoms with E-state index in [2.05, 4.69) is 45.4 Å². The van der Waals surface area contributed by atoms with Gasteiger partial charge in [-0.15, -0.1) is 0 Å². The third-order valence-electron chi connectivity index (χ3n) is 4.71. The summed E-state index contributed by atoms with van der Waals surface area (Å²) < 4.78 is 1.18. The average Bonchev–Trinajstić information content (AvgIpc) is 3.10. The number of fused-ring (bicyclic) bond motifs is 3. The van der Waals surface area contributed by atoms with E-state index in [1.165, 1.54) is 21.8 Å². The summed E-state index contributed by atoms with van der Waals surface area (Å²) in [5.41, 5.74) is 0.759. The Morgan fingerprint density at radius 2 is 2.14 bits per heavy atom. The first-order chi connectivity index (χ1) is 10.2. The molecule has 4 rings (SSSR count). The number of carbonyl (C=O) groups excluding carboxylic acids is 1. The molecule has 0 aromatic heterocycles. The molecule has 0 spiro atoms. The summed E-state index contributed by atoms with van der Waals surface area (Å²) >= 11 is 2.32. The van der Waals surface area contributed by atoms with E-state index in [-0.39, 0.29) is 5.91 Å². The number of nitrogens with one attached hydrogen (secondary N) is 2. The van der Waals surface area contributed by atoms with Crippen LogP contribution >= 0.6 is 22.6 Å². The minimum atomic E-state index is 0.0518. The van der Waals surface area contributed by atoms with Crippen LogP contribution in [-0.2, 0) is 0 Å². The Morgan fingerprint density at radius 3 is 2.90 bits per heavy atom. The fraction of sp³-hybridized carbons (Fsp3) is 0.353. The smallest absolute Gasteiger partial charge is 0.251 e. The molecule has 2 bridgehead atoms. The molecule has 0 radical (unpaired) electrons. The molecule has 2 aliphatic rings. The molecule has 0 aliphatic carbocycles. The van der Waals surface area contributed by atoms with Crippen molar-refractivity contribution in [1.29, 1.82) is 0 Å². The van der Waals surface area contributed by atoms with Crippen LogP contribution in [-0.4, -0.2) is 24.0 Å². The summed E-state index contributed by atoms with van der Waals surface area (Å²) in [5.74, 6) is 0.0518. The van der Waals surface area contributed by atoms with Gasteiger partial charge in [-0.1, -0.05) is 18.2 Å². The molecule has 2 fully saturated rings. The second-order valence-electron chi connectivity index (χ2n) is 6.04. The minimum absolute atomic E-state index is 0.0518. The summed E-state index contributed by atoms with van der Waals surface area (Å²) in [6, 6.07) is 13.5. The van der Waals surface area contributed by atoms with Gasteiger partial charge in [-0.2, -0.15) is 0 Å². The molecule has 4 heteroatoms. The predicted molar refractivity (Wildman–Crippen MR) is 92.5 cm³/mol. The van der Waals surface area contributed by atoms with Gasteiger partial charge < -0.3 is 10.6 Å². The number of halogens is 1. The number of amides is 1. The molecule has 3 nitrogen and oxygen atoms in total. The highest BCUT2D eigenvalue weighted by Crippen LogP contribution is 2.28. The molecule has 3 unspecified atom stereocenters. The topological polar surface area (TPSA) is 41.1 Å². The minimum Gasteiger partial charge on any atom is -0.348 e. The van der Waals surface area contributed by atoms with Gasteiger partial charge in [0, 0.05) is 27.3 Å². The van der Waals surface area contributed by atoms with Crippen LogP contribution in [0.4, 0.5) is 0 Å². The van der Waals surface area contributed by atoms with Crippen molar-refractivity contribution in [2.45, 2.75) is 37.4 Å². The maximum Gasteiger partial charge on any atom is 0.251 e. The Hall–Kier alpha value is -1.14. The van der Waals surface area contributed by atoms with Gasteiger partial charge in [0.1, 0.15) is 0 Å². The molecule has 2 aromatic carbocycles. The van der Waals surface area contributed by atoms with Crippen LogP contribution in [0.3, 0.4) is 0 Å². The maximum atomic E-state index is 12.5. The van der Waals surface area contributed by atoms with Crippen LogP contribution in [0.25, 0.3) is 10.8 Å². The van der Waals surface area contributed by atoms with Crippen molar-refractivity contribution in [1.82, 2.24) is 10.6 Å². The van der Waals surface area contributed by atoms with Gasteiger partial charge in [0.2, 0.25) is 0 Å². The number of hydrogen-bond acceptors (Lipinski definition) is 2. The van der Waals surface area contributed by atoms with Crippen molar-refractivity contribution >= 4 is 39.3 Å². The molecule has 2 saturated heterocycles. The van der Waals surface area contributed by atoms with E-state index in [9.17, 15) is 4.79 Å². The second kappa shape index (κ2) is 5.25. The van der Waals surface area contributed by atoms with Gasteiger partial charge in [0.15, 0.2) is 0 Å². The zero-order chi connectivity index (χ0) is 14.4. The lowest BCUT2D eigenvalue weighted by Crippen LogP contribution is -2.42. The maximum absolute atomic E-state index is 12.5. The predicted octanol–water partition coefficient (Wildman–Crippen LogP) is 3.07. The third kappa shape index (κ3) is 2.44. The van der Waals surface area contributed by atoms with E-state index in [1.54, 1.807) is 0 Å². The highest BCUT2D eigenvalue weighted by atomic mass is 127. The first kappa shape index (κ1) is 13.5. The number of benzene rings is 2. The normalized spacial score (nSPS) is 27.2. The fourth-order valence-corrected chi connectivity index (χ4v) is 4.29. The third-order valence-corrected chi connectivity index (χ3v) is 5.65. The zero-order valence-electron chi connectivity index (χ0n) is 11.6. The Balaban J connectivity index is 1.58. The van der Waals surface area contributed by atoms with E-state index in [0.29, 0.717) is 18.1 Å². The van der Waals surface area contributed by atoms with Crippen LogP contribution in [0.15, 0.2) is 36.4 Å². The van der Waals surface area contributed by atoms with Crippen molar-refractivity contribution in [3.05, 3.63) is 45.5 Å². The lowest BCUT2D eigenvalue weighted by Gasteiger charge is -2.21. The Labute approximate surface area is 137 Å². The quantitative estimate of drug-likeness (QED) is 0.772. The first-order valence-electron chi connectivity index (χ1n) is 7.46. The highest BCUT2D eigenvalue weighted by Gasteiger charge is 2.39. The van der Waals surface area contributed by atoms with E-state index < -0.39 is 0 Å².